The molecule has 2 aliphatic rings. The fraction of sp³-hybridized carbons (Fsp3) is 0.619. The quantitative estimate of drug-likeness (QED) is 0.705. The van der Waals surface area contributed by atoms with E-state index < -0.39 is 5.54 Å². The predicted octanol–water partition coefficient (Wildman–Crippen LogP) is 4.47. The van der Waals surface area contributed by atoms with E-state index in [0.717, 1.165) is 57.1 Å². The maximum absolute atomic E-state index is 12.7. The highest BCUT2D eigenvalue weighted by Gasteiger charge is 2.37. The van der Waals surface area contributed by atoms with Crippen LogP contribution in [0.4, 0.5) is 11.4 Å². The van der Waals surface area contributed by atoms with Crippen LogP contribution in [0.5, 0.6) is 0 Å². The molecule has 4 N–H and O–H groups in total. The molecular weight excluding hydrogens is 362 g/mol. The van der Waals surface area contributed by atoms with Crippen LogP contribution in [0.15, 0.2) is 24.3 Å². The Labute approximate surface area is 168 Å². The first kappa shape index (κ1) is 21.7. The number of nitrogens with two attached hydrogens (primary N) is 1. The van der Waals surface area contributed by atoms with E-state index in [1.54, 1.807) is 0 Å². The Bertz CT molecular complexity index is 657. The summed E-state index contributed by atoms with van der Waals surface area (Å²) >= 11 is 0. The highest BCUT2D eigenvalue weighted by Crippen LogP contribution is 2.32. The largest absolute Gasteiger partial charge is 0.326 e. The smallest absolute Gasteiger partial charge is 0.229 e. The van der Waals surface area contributed by atoms with Crippen molar-refractivity contribution < 1.29 is 9.59 Å². The molecule has 2 unspecified atom stereocenters. The molecule has 0 aromatic heterocycles. The molecule has 5 nitrogen and oxygen atoms in total. The number of hydrogen-bond donors (Lipinski definition) is 3. The number of rotatable bonds is 4. The molecule has 2 amide bonds. The van der Waals surface area contributed by atoms with E-state index in [1.165, 1.54) is 6.42 Å². The molecule has 1 aromatic carbocycles. The Morgan fingerprint density at radius 2 is 1.56 bits per heavy atom. The van der Waals surface area contributed by atoms with Crippen molar-refractivity contribution in [2.75, 3.05) is 10.6 Å². The number of amides is 2. The summed E-state index contributed by atoms with van der Waals surface area (Å²) < 4.78 is 0. The first-order valence-electron chi connectivity index (χ1n) is 9.96. The van der Waals surface area contributed by atoms with Crippen molar-refractivity contribution in [1.29, 1.82) is 0 Å². The minimum absolute atomic E-state index is 0. The molecule has 2 fully saturated rings. The number of anilines is 2. The number of hydrogen-bond acceptors (Lipinski definition) is 3. The average molecular weight is 394 g/mol. The summed E-state index contributed by atoms with van der Waals surface area (Å²) in [7, 11) is 0. The molecule has 0 spiro atoms. The summed E-state index contributed by atoms with van der Waals surface area (Å²) in [6.45, 7) is 1.97. The van der Waals surface area contributed by atoms with Gasteiger partial charge in [0.2, 0.25) is 11.8 Å². The zero-order valence-corrected chi connectivity index (χ0v) is 16.9. The highest BCUT2D eigenvalue weighted by molar-refractivity contribution is 5.96. The Balaban J connectivity index is 0.00000261. The molecule has 6 heteroatoms. The minimum Gasteiger partial charge on any atom is -0.326 e. The Hall–Kier alpha value is -1.59. The summed E-state index contributed by atoms with van der Waals surface area (Å²) in [5, 5.41) is 6.00. The predicted molar refractivity (Wildman–Crippen MR) is 112 cm³/mol. The molecule has 0 bridgehead atoms. The summed E-state index contributed by atoms with van der Waals surface area (Å²) in [5.41, 5.74) is 7.33. The van der Waals surface area contributed by atoms with Crippen molar-refractivity contribution >= 4 is 35.6 Å². The molecule has 0 radical (unpaired) electrons. The molecule has 150 valence electrons. The summed E-state index contributed by atoms with van der Waals surface area (Å²) in [6.07, 6.45) is 9.27. The van der Waals surface area contributed by atoms with E-state index in [2.05, 4.69) is 10.6 Å². The fourth-order valence-electron chi connectivity index (χ4n) is 4.30. The van der Waals surface area contributed by atoms with Crippen molar-refractivity contribution in [2.24, 2.45) is 17.6 Å². The van der Waals surface area contributed by atoms with Gasteiger partial charge >= 0.3 is 0 Å². The lowest BCUT2D eigenvalue weighted by atomic mass is 9.74. The van der Waals surface area contributed by atoms with Crippen LogP contribution in [0, 0.1) is 11.8 Å². The molecule has 0 saturated heterocycles. The Morgan fingerprint density at radius 3 is 2.19 bits per heavy atom. The Morgan fingerprint density at radius 1 is 0.963 bits per heavy atom. The van der Waals surface area contributed by atoms with E-state index in [9.17, 15) is 9.59 Å². The number of benzene rings is 1. The van der Waals surface area contributed by atoms with Crippen molar-refractivity contribution in [3.63, 3.8) is 0 Å². The van der Waals surface area contributed by atoms with E-state index in [4.69, 9.17) is 5.73 Å². The Kier molecular flexibility index (Phi) is 7.68. The summed E-state index contributed by atoms with van der Waals surface area (Å²) in [4.78, 5) is 25.1. The molecule has 2 saturated carbocycles. The van der Waals surface area contributed by atoms with E-state index in [0.29, 0.717) is 5.69 Å². The van der Waals surface area contributed by atoms with Gasteiger partial charge in [-0.3, -0.25) is 9.59 Å². The van der Waals surface area contributed by atoms with Crippen LogP contribution in [0.25, 0.3) is 0 Å². The lowest BCUT2D eigenvalue weighted by molar-refractivity contribution is -0.123. The van der Waals surface area contributed by atoms with Gasteiger partial charge in [-0.25, -0.2) is 0 Å². The normalized spacial score (nSPS) is 25.9. The third-order valence-corrected chi connectivity index (χ3v) is 5.94. The average Bonchev–Trinajstić information content (AvgIpc) is 2.62. The molecule has 0 heterocycles. The molecule has 2 atom stereocenters. The van der Waals surface area contributed by atoms with Gasteiger partial charge in [-0.05, 0) is 50.8 Å². The SMILES string of the molecule is CC1(N)CCCCC1C(=O)Nc1cccc(NC(=O)C2CCCCC2)c1.Cl. The van der Waals surface area contributed by atoms with E-state index in [1.807, 2.05) is 31.2 Å². The van der Waals surface area contributed by atoms with Gasteiger partial charge in [-0.2, -0.15) is 0 Å². The van der Waals surface area contributed by atoms with Crippen LogP contribution in [0.3, 0.4) is 0 Å². The van der Waals surface area contributed by atoms with Crippen LogP contribution in [0.2, 0.25) is 0 Å². The second-order valence-electron chi connectivity index (χ2n) is 8.20. The lowest BCUT2D eigenvalue weighted by Gasteiger charge is -2.37. The third-order valence-electron chi connectivity index (χ3n) is 5.94. The van der Waals surface area contributed by atoms with Crippen LogP contribution >= 0.6 is 12.4 Å². The van der Waals surface area contributed by atoms with Gasteiger partial charge in [-0.1, -0.05) is 38.2 Å². The van der Waals surface area contributed by atoms with Crippen molar-refractivity contribution in [3.05, 3.63) is 24.3 Å². The van der Waals surface area contributed by atoms with Gasteiger partial charge in [0.05, 0.1) is 5.92 Å². The van der Waals surface area contributed by atoms with Crippen molar-refractivity contribution in [2.45, 2.75) is 70.3 Å². The van der Waals surface area contributed by atoms with Gasteiger partial charge < -0.3 is 16.4 Å². The van der Waals surface area contributed by atoms with Crippen LogP contribution in [-0.2, 0) is 9.59 Å². The van der Waals surface area contributed by atoms with Crippen LogP contribution < -0.4 is 16.4 Å². The molecule has 2 aliphatic carbocycles. The molecule has 27 heavy (non-hydrogen) atoms. The third kappa shape index (κ3) is 5.69. The second kappa shape index (κ2) is 9.56. The first-order chi connectivity index (χ1) is 12.5. The first-order valence-corrected chi connectivity index (χ1v) is 9.96. The number of carbonyl (C=O) groups excluding carboxylic acids is 2. The molecular formula is C21H32ClN3O2. The molecule has 3 rings (SSSR count). The zero-order chi connectivity index (χ0) is 18.6. The zero-order valence-electron chi connectivity index (χ0n) is 16.1. The number of carbonyl (C=O) groups is 2. The molecule has 0 aliphatic heterocycles. The van der Waals surface area contributed by atoms with Gasteiger partial charge in [0.1, 0.15) is 0 Å². The van der Waals surface area contributed by atoms with Gasteiger partial charge in [-0.15, -0.1) is 12.4 Å². The topological polar surface area (TPSA) is 84.2 Å². The second-order valence-corrected chi connectivity index (χ2v) is 8.20. The van der Waals surface area contributed by atoms with Crippen molar-refractivity contribution in [1.82, 2.24) is 0 Å². The van der Waals surface area contributed by atoms with E-state index >= 15 is 0 Å². The fourth-order valence-corrected chi connectivity index (χ4v) is 4.30. The lowest BCUT2D eigenvalue weighted by Crippen LogP contribution is -2.51. The standard InChI is InChI=1S/C21H31N3O2.ClH/c1-21(22)13-6-5-12-18(21)20(26)24-17-11-7-10-16(14-17)23-19(25)15-8-3-2-4-9-15;/h7,10-11,14-15,18H,2-6,8-9,12-13,22H2,1H3,(H,23,25)(H,24,26);1H. The van der Waals surface area contributed by atoms with Crippen LogP contribution in [0.1, 0.15) is 64.7 Å². The summed E-state index contributed by atoms with van der Waals surface area (Å²) in [5.74, 6) is 0.0133. The summed E-state index contributed by atoms with van der Waals surface area (Å²) in [6, 6.07) is 7.40. The monoisotopic (exact) mass is 393 g/mol. The van der Waals surface area contributed by atoms with Crippen LogP contribution in [-0.4, -0.2) is 17.4 Å². The van der Waals surface area contributed by atoms with Gasteiger partial charge in [0.25, 0.3) is 0 Å². The van der Waals surface area contributed by atoms with Gasteiger partial charge in [0.15, 0.2) is 0 Å². The maximum Gasteiger partial charge on any atom is 0.229 e. The van der Waals surface area contributed by atoms with Crippen molar-refractivity contribution in [3.8, 4) is 0 Å². The molecule has 1 aromatic rings. The van der Waals surface area contributed by atoms with E-state index in [-0.39, 0.29) is 36.1 Å². The number of nitrogens with one attached hydrogen (secondary N) is 2. The number of halogens is 1. The minimum atomic E-state index is -0.449. The van der Waals surface area contributed by atoms with Gasteiger partial charge in [0, 0.05) is 22.8 Å². The maximum atomic E-state index is 12.7. The highest BCUT2D eigenvalue weighted by atomic mass is 35.5.